The summed E-state index contributed by atoms with van der Waals surface area (Å²) in [6.07, 6.45) is 5.23. The summed E-state index contributed by atoms with van der Waals surface area (Å²) in [5.41, 5.74) is 1.87. The van der Waals surface area contributed by atoms with Gasteiger partial charge in [0.2, 0.25) is 0 Å². The van der Waals surface area contributed by atoms with E-state index in [0.29, 0.717) is 23.9 Å². The van der Waals surface area contributed by atoms with E-state index in [0.717, 1.165) is 48.8 Å². The Morgan fingerprint density at radius 2 is 1.66 bits per heavy atom. The van der Waals surface area contributed by atoms with Crippen LogP contribution in [-0.2, 0) is 11.4 Å². The van der Waals surface area contributed by atoms with Crippen molar-refractivity contribution in [3.8, 4) is 5.75 Å². The first kappa shape index (κ1) is 19.7. The smallest absolute Gasteiger partial charge is 0.294 e. The first-order valence-electron chi connectivity index (χ1n) is 9.94. The molecular weight excluding hydrogens is 384 g/mol. The Bertz CT molecular complexity index is 907. The van der Waals surface area contributed by atoms with Gasteiger partial charge in [-0.15, -0.1) is 0 Å². The first-order valence-corrected chi connectivity index (χ1v) is 10.8. The minimum Gasteiger partial charge on any atom is -0.488 e. The number of piperidine rings is 1. The molecule has 0 radical (unpaired) electrons. The number of ether oxygens (including phenoxy) is 1. The molecule has 2 fully saturated rings. The van der Waals surface area contributed by atoms with Gasteiger partial charge in [-0.25, -0.2) is 0 Å². The molecule has 0 spiro atoms. The zero-order chi connectivity index (χ0) is 20.1. The Morgan fingerprint density at radius 3 is 2.45 bits per heavy atom. The number of carbonyl (C=O) groups is 2. The summed E-state index contributed by atoms with van der Waals surface area (Å²) in [5.74, 6) is 0.475. The van der Waals surface area contributed by atoms with E-state index in [-0.39, 0.29) is 11.1 Å². The average Bonchev–Trinajstić information content (AvgIpc) is 3.02. The van der Waals surface area contributed by atoms with Crippen molar-refractivity contribution in [2.24, 2.45) is 0 Å². The maximum atomic E-state index is 12.8. The lowest BCUT2D eigenvalue weighted by molar-refractivity contribution is -0.124. The SMILES string of the molecule is O=C1S/C(=C\c2ccccc2OCc2ccccc2)C(=O)N1CN1CCCCC1. The monoisotopic (exact) mass is 408 g/mol. The van der Waals surface area contributed by atoms with Gasteiger partial charge in [0.25, 0.3) is 11.1 Å². The Labute approximate surface area is 175 Å². The zero-order valence-electron chi connectivity index (χ0n) is 16.3. The van der Waals surface area contributed by atoms with Crippen LogP contribution in [0.1, 0.15) is 30.4 Å². The third kappa shape index (κ3) is 4.89. The predicted molar refractivity (Wildman–Crippen MR) is 115 cm³/mol. The summed E-state index contributed by atoms with van der Waals surface area (Å²) in [6, 6.07) is 17.5. The van der Waals surface area contributed by atoms with Crippen molar-refractivity contribution in [1.29, 1.82) is 0 Å². The van der Waals surface area contributed by atoms with Gasteiger partial charge in [-0.1, -0.05) is 55.0 Å². The van der Waals surface area contributed by atoms with Crippen molar-refractivity contribution in [3.63, 3.8) is 0 Å². The molecule has 0 saturated carbocycles. The van der Waals surface area contributed by atoms with Gasteiger partial charge in [0.1, 0.15) is 12.4 Å². The number of hydrogen-bond acceptors (Lipinski definition) is 5. The van der Waals surface area contributed by atoms with Crippen LogP contribution in [-0.4, -0.2) is 40.7 Å². The van der Waals surface area contributed by atoms with Gasteiger partial charge in [0, 0.05) is 5.56 Å². The number of nitrogens with zero attached hydrogens (tertiary/aromatic N) is 2. The van der Waals surface area contributed by atoms with Crippen molar-refractivity contribution in [2.45, 2.75) is 25.9 Å². The maximum Gasteiger partial charge on any atom is 0.294 e. The van der Waals surface area contributed by atoms with Gasteiger partial charge in [0.15, 0.2) is 0 Å². The molecule has 4 rings (SSSR count). The number of benzene rings is 2. The van der Waals surface area contributed by atoms with Crippen LogP contribution in [0.15, 0.2) is 59.5 Å². The molecule has 0 bridgehead atoms. The maximum absolute atomic E-state index is 12.8. The lowest BCUT2D eigenvalue weighted by Crippen LogP contribution is -2.42. The molecule has 150 valence electrons. The summed E-state index contributed by atoms with van der Waals surface area (Å²) >= 11 is 1.00. The lowest BCUT2D eigenvalue weighted by Gasteiger charge is -2.29. The van der Waals surface area contributed by atoms with E-state index in [9.17, 15) is 9.59 Å². The van der Waals surface area contributed by atoms with Crippen LogP contribution in [0.25, 0.3) is 6.08 Å². The molecule has 2 heterocycles. The zero-order valence-corrected chi connectivity index (χ0v) is 17.1. The molecule has 2 aromatic carbocycles. The van der Waals surface area contributed by atoms with E-state index in [1.165, 1.54) is 11.3 Å². The van der Waals surface area contributed by atoms with E-state index >= 15 is 0 Å². The van der Waals surface area contributed by atoms with Gasteiger partial charge < -0.3 is 4.74 Å². The molecule has 2 saturated heterocycles. The predicted octanol–water partition coefficient (Wildman–Crippen LogP) is 4.75. The number of carbonyl (C=O) groups excluding carboxylic acids is 2. The number of rotatable bonds is 6. The first-order chi connectivity index (χ1) is 14.2. The van der Waals surface area contributed by atoms with Gasteiger partial charge in [0.05, 0.1) is 11.6 Å². The van der Waals surface area contributed by atoms with E-state index in [2.05, 4.69) is 4.90 Å². The van der Waals surface area contributed by atoms with Crippen LogP contribution < -0.4 is 4.74 Å². The Kier molecular flexibility index (Phi) is 6.32. The van der Waals surface area contributed by atoms with Crippen molar-refractivity contribution in [1.82, 2.24) is 9.80 Å². The highest BCUT2D eigenvalue weighted by Gasteiger charge is 2.36. The van der Waals surface area contributed by atoms with Crippen LogP contribution in [0.4, 0.5) is 4.79 Å². The average molecular weight is 409 g/mol. The molecule has 0 unspecified atom stereocenters. The fraction of sp³-hybridized carbons (Fsp3) is 0.304. The molecule has 29 heavy (non-hydrogen) atoms. The summed E-state index contributed by atoms with van der Waals surface area (Å²) < 4.78 is 5.97. The van der Waals surface area contributed by atoms with Crippen molar-refractivity contribution >= 4 is 29.0 Å². The number of likely N-dealkylation sites (tertiary alicyclic amines) is 1. The molecular formula is C23H24N2O3S. The van der Waals surface area contributed by atoms with Crippen molar-refractivity contribution < 1.29 is 14.3 Å². The number of amides is 2. The number of imide groups is 1. The molecule has 0 atom stereocenters. The molecule has 6 heteroatoms. The third-order valence-corrected chi connectivity index (χ3v) is 6.01. The van der Waals surface area contributed by atoms with Crippen LogP contribution in [0.3, 0.4) is 0 Å². The largest absolute Gasteiger partial charge is 0.488 e. The van der Waals surface area contributed by atoms with Crippen LogP contribution in [0.5, 0.6) is 5.75 Å². The molecule has 0 aliphatic carbocycles. The summed E-state index contributed by atoms with van der Waals surface area (Å²) in [4.78, 5) is 29.2. The number of para-hydroxylation sites is 1. The Morgan fingerprint density at radius 1 is 0.931 bits per heavy atom. The standard InChI is InChI=1S/C23H24N2O3S/c26-22-21(29-23(27)25(22)17-24-13-7-2-8-14-24)15-19-11-5-6-12-20(19)28-16-18-9-3-1-4-10-18/h1,3-6,9-12,15H,2,7-8,13-14,16-17H2/b21-15-. The van der Waals surface area contributed by atoms with Crippen LogP contribution in [0, 0.1) is 0 Å². The third-order valence-electron chi connectivity index (χ3n) is 5.11. The molecule has 2 amide bonds. The molecule has 5 nitrogen and oxygen atoms in total. The van der Waals surface area contributed by atoms with Gasteiger partial charge in [-0.05, 0) is 55.4 Å². The quantitative estimate of drug-likeness (QED) is 0.646. The minimum atomic E-state index is -0.219. The van der Waals surface area contributed by atoms with Gasteiger partial charge >= 0.3 is 0 Å². The highest BCUT2D eigenvalue weighted by Crippen LogP contribution is 2.34. The number of hydrogen-bond donors (Lipinski definition) is 0. The highest BCUT2D eigenvalue weighted by atomic mass is 32.2. The minimum absolute atomic E-state index is 0.200. The topological polar surface area (TPSA) is 49.9 Å². The lowest BCUT2D eigenvalue weighted by atomic mass is 10.1. The van der Waals surface area contributed by atoms with E-state index in [1.807, 2.05) is 54.6 Å². The van der Waals surface area contributed by atoms with Gasteiger partial charge in [-0.3, -0.25) is 19.4 Å². The second kappa shape index (κ2) is 9.29. The summed E-state index contributed by atoms with van der Waals surface area (Å²) in [7, 11) is 0. The van der Waals surface area contributed by atoms with E-state index in [1.54, 1.807) is 6.08 Å². The molecule has 0 aromatic heterocycles. The second-order valence-corrected chi connectivity index (χ2v) is 8.24. The fourth-order valence-corrected chi connectivity index (χ4v) is 4.35. The van der Waals surface area contributed by atoms with Crippen LogP contribution in [0.2, 0.25) is 0 Å². The fourth-order valence-electron chi connectivity index (χ4n) is 3.53. The summed E-state index contributed by atoms with van der Waals surface area (Å²) in [6.45, 7) is 2.71. The van der Waals surface area contributed by atoms with Crippen molar-refractivity contribution in [3.05, 3.63) is 70.6 Å². The second-order valence-electron chi connectivity index (χ2n) is 7.24. The van der Waals surface area contributed by atoms with Crippen LogP contribution >= 0.6 is 11.8 Å². The van der Waals surface area contributed by atoms with E-state index in [4.69, 9.17) is 4.74 Å². The normalized spacial score (nSPS) is 19.2. The van der Waals surface area contributed by atoms with Crippen molar-refractivity contribution in [2.75, 3.05) is 19.8 Å². The molecule has 2 aliphatic rings. The molecule has 2 aliphatic heterocycles. The summed E-state index contributed by atoms with van der Waals surface area (Å²) in [5, 5.41) is -0.200. The highest BCUT2D eigenvalue weighted by molar-refractivity contribution is 8.18. The molecule has 0 N–H and O–H groups in total. The Balaban J connectivity index is 1.47. The number of thioether (sulfide) groups is 1. The Hall–Kier alpha value is -2.57. The van der Waals surface area contributed by atoms with Gasteiger partial charge in [-0.2, -0.15) is 0 Å². The van der Waals surface area contributed by atoms with E-state index < -0.39 is 0 Å². The molecule has 2 aromatic rings.